The zero-order chi connectivity index (χ0) is 11.6. The molecule has 0 atom stereocenters. The van der Waals surface area contributed by atoms with Gasteiger partial charge in [-0.25, -0.2) is 0 Å². The number of hydrogen-bond acceptors (Lipinski definition) is 3. The summed E-state index contributed by atoms with van der Waals surface area (Å²) in [6.45, 7) is 4.66. The van der Waals surface area contributed by atoms with Crippen LogP contribution >= 0.6 is 15.9 Å². The van der Waals surface area contributed by atoms with Crippen LogP contribution in [0.2, 0.25) is 0 Å². The molecule has 3 N–H and O–H groups in total. The molecule has 0 saturated heterocycles. The van der Waals surface area contributed by atoms with Gasteiger partial charge in [-0.05, 0) is 41.5 Å². The van der Waals surface area contributed by atoms with Gasteiger partial charge in [0.05, 0.1) is 6.61 Å². The molecule has 0 saturated carbocycles. The quantitative estimate of drug-likeness (QED) is 0.604. The first-order chi connectivity index (χ1) is 7.83. The van der Waals surface area contributed by atoms with Gasteiger partial charge in [0.15, 0.2) is 0 Å². The highest BCUT2D eigenvalue weighted by Gasteiger charge is 1.95. The first kappa shape index (κ1) is 13.7. The number of ether oxygens (including phenoxy) is 1. The van der Waals surface area contributed by atoms with Gasteiger partial charge >= 0.3 is 0 Å². The van der Waals surface area contributed by atoms with Gasteiger partial charge in [0.1, 0.15) is 0 Å². The topological polar surface area (TPSA) is 49.1 Å². The number of aromatic nitrogens is 1. The van der Waals surface area contributed by atoms with Crippen molar-refractivity contribution in [2.75, 3.05) is 33.4 Å². The summed E-state index contributed by atoms with van der Waals surface area (Å²) >= 11 is 3.41. The van der Waals surface area contributed by atoms with Crippen LogP contribution in [0.1, 0.15) is 12.1 Å². The molecule has 5 heteroatoms. The molecule has 16 heavy (non-hydrogen) atoms. The van der Waals surface area contributed by atoms with Crippen molar-refractivity contribution < 1.29 is 4.74 Å². The van der Waals surface area contributed by atoms with Crippen molar-refractivity contribution in [1.82, 2.24) is 15.6 Å². The van der Waals surface area contributed by atoms with Crippen LogP contribution in [0.25, 0.3) is 0 Å². The Morgan fingerprint density at radius 1 is 1.31 bits per heavy atom. The van der Waals surface area contributed by atoms with E-state index in [1.54, 1.807) is 7.11 Å². The van der Waals surface area contributed by atoms with Gasteiger partial charge in [-0.1, -0.05) is 0 Å². The molecule has 0 bridgehead atoms. The molecule has 0 radical (unpaired) electrons. The maximum atomic E-state index is 4.94. The van der Waals surface area contributed by atoms with Crippen LogP contribution in [0.4, 0.5) is 0 Å². The molecule has 1 rings (SSSR count). The summed E-state index contributed by atoms with van der Waals surface area (Å²) in [5.74, 6) is 0. The molecule has 1 aromatic rings. The molecule has 0 aliphatic carbocycles. The van der Waals surface area contributed by atoms with Gasteiger partial charge in [0, 0.05) is 36.6 Å². The Hall–Kier alpha value is -0.360. The summed E-state index contributed by atoms with van der Waals surface area (Å²) in [6.07, 6.45) is 3.08. The average molecular weight is 290 g/mol. The smallest absolute Gasteiger partial charge is 0.0587 e. The van der Waals surface area contributed by atoms with Gasteiger partial charge in [0.2, 0.25) is 0 Å². The van der Waals surface area contributed by atoms with Crippen molar-refractivity contribution in [3.8, 4) is 0 Å². The Labute approximate surface area is 105 Å². The van der Waals surface area contributed by atoms with E-state index in [4.69, 9.17) is 4.74 Å². The average Bonchev–Trinajstić information content (AvgIpc) is 2.68. The summed E-state index contributed by atoms with van der Waals surface area (Å²) in [5, 5.41) is 6.69. The van der Waals surface area contributed by atoms with E-state index in [0.29, 0.717) is 0 Å². The van der Waals surface area contributed by atoms with Crippen LogP contribution in [0, 0.1) is 0 Å². The van der Waals surface area contributed by atoms with E-state index in [2.05, 4.69) is 37.6 Å². The molecule has 0 spiro atoms. The van der Waals surface area contributed by atoms with E-state index >= 15 is 0 Å². The fourth-order valence-corrected chi connectivity index (χ4v) is 1.76. The predicted octanol–water partition coefficient (Wildman–Crippen LogP) is 1.49. The lowest BCUT2D eigenvalue weighted by molar-refractivity contribution is 0.199. The number of aromatic amines is 1. The highest BCUT2D eigenvalue weighted by molar-refractivity contribution is 9.10. The third kappa shape index (κ3) is 6.27. The van der Waals surface area contributed by atoms with E-state index in [1.807, 2.05) is 6.20 Å². The molecule has 0 aromatic carbocycles. The zero-order valence-corrected chi connectivity index (χ0v) is 11.3. The van der Waals surface area contributed by atoms with Crippen molar-refractivity contribution in [2.24, 2.45) is 0 Å². The number of rotatable bonds is 9. The van der Waals surface area contributed by atoms with Crippen molar-refractivity contribution in [3.63, 3.8) is 0 Å². The van der Waals surface area contributed by atoms with E-state index in [0.717, 1.165) is 43.7 Å². The third-order valence-corrected chi connectivity index (χ3v) is 2.67. The summed E-state index contributed by atoms with van der Waals surface area (Å²) in [5.41, 5.74) is 1.21. The van der Waals surface area contributed by atoms with E-state index < -0.39 is 0 Å². The highest BCUT2D eigenvalue weighted by atomic mass is 79.9. The minimum Gasteiger partial charge on any atom is -0.383 e. The minimum atomic E-state index is 0.782. The van der Waals surface area contributed by atoms with E-state index in [1.165, 1.54) is 5.69 Å². The van der Waals surface area contributed by atoms with E-state index in [9.17, 15) is 0 Å². The van der Waals surface area contributed by atoms with Gasteiger partial charge in [-0.3, -0.25) is 0 Å². The fraction of sp³-hybridized carbons (Fsp3) is 0.636. The fourth-order valence-electron chi connectivity index (χ4n) is 1.37. The third-order valence-electron chi connectivity index (χ3n) is 2.21. The number of nitrogens with one attached hydrogen (secondary N) is 3. The van der Waals surface area contributed by atoms with Gasteiger partial charge in [0.25, 0.3) is 0 Å². The summed E-state index contributed by atoms with van der Waals surface area (Å²) in [7, 11) is 1.72. The van der Waals surface area contributed by atoms with Crippen molar-refractivity contribution in [2.45, 2.75) is 13.0 Å². The van der Waals surface area contributed by atoms with Crippen LogP contribution in [0.15, 0.2) is 16.7 Å². The molecule has 0 unspecified atom stereocenters. The molecule has 0 aliphatic rings. The molecule has 1 heterocycles. The maximum Gasteiger partial charge on any atom is 0.0587 e. The van der Waals surface area contributed by atoms with Crippen molar-refractivity contribution in [1.29, 1.82) is 0 Å². The highest BCUT2D eigenvalue weighted by Crippen LogP contribution is 2.09. The Balaban J connectivity index is 1.88. The molecular weight excluding hydrogens is 270 g/mol. The molecule has 0 aliphatic heterocycles. The number of methoxy groups -OCH3 is 1. The first-order valence-corrected chi connectivity index (χ1v) is 6.35. The normalized spacial score (nSPS) is 10.9. The van der Waals surface area contributed by atoms with Crippen LogP contribution in [0.5, 0.6) is 0 Å². The Kier molecular flexibility index (Phi) is 7.50. The van der Waals surface area contributed by atoms with E-state index in [-0.39, 0.29) is 0 Å². The Morgan fingerprint density at radius 3 is 2.81 bits per heavy atom. The second kappa shape index (κ2) is 8.75. The lowest BCUT2D eigenvalue weighted by Crippen LogP contribution is -2.24. The SMILES string of the molecule is COCCNCCCNCc1cc(Br)c[nH]1. The maximum absolute atomic E-state index is 4.94. The van der Waals surface area contributed by atoms with Crippen LogP contribution in [-0.4, -0.2) is 38.3 Å². The monoisotopic (exact) mass is 289 g/mol. The molecule has 0 amide bonds. The molecule has 1 aromatic heterocycles. The first-order valence-electron chi connectivity index (χ1n) is 5.56. The largest absolute Gasteiger partial charge is 0.383 e. The number of hydrogen-bond donors (Lipinski definition) is 3. The lowest BCUT2D eigenvalue weighted by atomic mass is 10.4. The van der Waals surface area contributed by atoms with Crippen LogP contribution in [-0.2, 0) is 11.3 Å². The summed E-state index contributed by atoms with van der Waals surface area (Å²) < 4.78 is 6.05. The molecule has 92 valence electrons. The number of H-pyrrole nitrogens is 1. The zero-order valence-electron chi connectivity index (χ0n) is 9.68. The lowest BCUT2D eigenvalue weighted by Gasteiger charge is -2.05. The Morgan fingerprint density at radius 2 is 2.12 bits per heavy atom. The van der Waals surface area contributed by atoms with Crippen molar-refractivity contribution in [3.05, 3.63) is 22.4 Å². The number of halogens is 1. The van der Waals surface area contributed by atoms with Gasteiger partial charge < -0.3 is 20.4 Å². The second-order valence-corrected chi connectivity index (χ2v) is 4.53. The summed E-state index contributed by atoms with van der Waals surface area (Å²) in [6, 6.07) is 2.09. The molecular formula is C11H20BrN3O. The molecule has 4 nitrogen and oxygen atoms in total. The van der Waals surface area contributed by atoms with Crippen molar-refractivity contribution >= 4 is 15.9 Å². The summed E-state index contributed by atoms with van der Waals surface area (Å²) in [4.78, 5) is 3.18. The predicted molar refractivity (Wildman–Crippen MR) is 69.6 cm³/mol. The minimum absolute atomic E-state index is 0.782. The van der Waals surface area contributed by atoms with Crippen LogP contribution in [0.3, 0.4) is 0 Å². The molecule has 0 fully saturated rings. The Bertz CT molecular complexity index is 278. The van der Waals surface area contributed by atoms with Crippen LogP contribution < -0.4 is 10.6 Å². The van der Waals surface area contributed by atoms with Gasteiger partial charge in [-0.15, -0.1) is 0 Å². The van der Waals surface area contributed by atoms with Gasteiger partial charge in [-0.2, -0.15) is 0 Å². The standard InChI is InChI=1S/C11H20BrN3O/c1-16-6-5-13-3-2-4-14-9-11-7-10(12)8-15-11/h7-8,13-15H,2-6,9H2,1H3. The second-order valence-electron chi connectivity index (χ2n) is 3.62.